The van der Waals surface area contributed by atoms with E-state index in [0.717, 1.165) is 30.4 Å². The maximum atomic E-state index is 8.94. The zero-order chi connectivity index (χ0) is 10.5. The summed E-state index contributed by atoms with van der Waals surface area (Å²) >= 11 is 0. The van der Waals surface area contributed by atoms with Crippen molar-refractivity contribution in [1.82, 2.24) is 0 Å². The summed E-state index contributed by atoms with van der Waals surface area (Å²) in [6, 6.07) is 2.21. The van der Waals surface area contributed by atoms with Gasteiger partial charge in [-0.1, -0.05) is 12.7 Å². The predicted molar refractivity (Wildman–Crippen MR) is 53.7 cm³/mol. The van der Waals surface area contributed by atoms with Gasteiger partial charge in [0.25, 0.3) is 0 Å². The van der Waals surface area contributed by atoms with Crippen LogP contribution >= 0.6 is 0 Å². The Morgan fingerprint density at radius 2 is 2.40 bits per heavy atom. The molecular weight excluding hydrogens is 190 g/mol. The minimum absolute atomic E-state index is 0.0501. The third-order valence-electron chi connectivity index (χ3n) is 3.52. The molecule has 4 aliphatic rings. The van der Waals surface area contributed by atoms with E-state index in [-0.39, 0.29) is 12.0 Å². The maximum absolute atomic E-state index is 8.94. The van der Waals surface area contributed by atoms with Crippen molar-refractivity contribution in [1.29, 1.82) is 5.26 Å². The Morgan fingerprint density at radius 3 is 2.93 bits per heavy atom. The summed E-state index contributed by atoms with van der Waals surface area (Å²) in [4.78, 5) is 0. The first-order valence-corrected chi connectivity index (χ1v) is 5.34. The van der Waals surface area contributed by atoms with Gasteiger partial charge in [0, 0.05) is 12.3 Å². The molecule has 0 saturated carbocycles. The summed E-state index contributed by atoms with van der Waals surface area (Å²) in [5.41, 5.74) is 1.87. The SMILES string of the molecule is C=C1COC2(C1)OC1CCC2C=C1C#N. The highest BCUT2D eigenvalue weighted by atomic mass is 16.7. The molecule has 1 aliphatic carbocycles. The minimum Gasteiger partial charge on any atom is -0.345 e. The fourth-order valence-corrected chi connectivity index (χ4v) is 2.79. The monoisotopic (exact) mass is 203 g/mol. The number of nitriles is 1. The fraction of sp³-hybridized carbons (Fsp3) is 0.583. The Hall–Kier alpha value is -1.11. The van der Waals surface area contributed by atoms with E-state index < -0.39 is 5.79 Å². The molecule has 4 rings (SSSR count). The van der Waals surface area contributed by atoms with Crippen molar-refractivity contribution >= 4 is 0 Å². The standard InChI is InChI=1S/C12H13NO2/c1-8-5-12(14-7-8)10-2-3-11(15-12)9(4-10)6-13/h4,10-11H,1-3,5,7H2. The molecule has 2 saturated heterocycles. The number of hydrogen-bond acceptors (Lipinski definition) is 3. The molecule has 3 atom stereocenters. The second kappa shape index (κ2) is 2.94. The first-order chi connectivity index (χ1) is 7.23. The van der Waals surface area contributed by atoms with E-state index in [1.807, 2.05) is 6.08 Å². The first-order valence-electron chi connectivity index (χ1n) is 5.34. The normalized spacial score (nSPS) is 43.1. The van der Waals surface area contributed by atoms with Crippen molar-refractivity contribution in [2.75, 3.05) is 6.61 Å². The van der Waals surface area contributed by atoms with E-state index in [2.05, 4.69) is 12.6 Å². The molecule has 3 heteroatoms. The highest BCUT2D eigenvalue weighted by molar-refractivity contribution is 5.33. The van der Waals surface area contributed by atoms with Gasteiger partial charge >= 0.3 is 0 Å². The van der Waals surface area contributed by atoms with Gasteiger partial charge in [0.1, 0.15) is 0 Å². The van der Waals surface area contributed by atoms with Crippen LogP contribution in [-0.4, -0.2) is 18.5 Å². The van der Waals surface area contributed by atoms with Crippen LogP contribution in [0.25, 0.3) is 0 Å². The highest BCUT2D eigenvalue weighted by Gasteiger charge is 2.52. The second-order valence-electron chi connectivity index (χ2n) is 4.55. The molecule has 1 spiro atoms. The van der Waals surface area contributed by atoms with E-state index in [4.69, 9.17) is 14.7 Å². The molecule has 3 unspecified atom stereocenters. The highest BCUT2D eigenvalue weighted by Crippen LogP contribution is 2.49. The number of hydrogen-bond donors (Lipinski definition) is 0. The molecule has 78 valence electrons. The molecule has 0 amide bonds. The van der Waals surface area contributed by atoms with Crippen LogP contribution < -0.4 is 0 Å². The molecule has 3 aliphatic heterocycles. The van der Waals surface area contributed by atoms with E-state index in [0.29, 0.717) is 6.61 Å². The number of fused-ring (bicyclic) bond motifs is 1. The van der Waals surface area contributed by atoms with Crippen LogP contribution in [0.4, 0.5) is 0 Å². The smallest absolute Gasteiger partial charge is 0.179 e. The van der Waals surface area contributed by atoms with Gasteiger partial charge in [-0.2, -0.15) is 5.26 Å². The van der Waals surface area contributed by atoms with E-state index in [1.54, 1.807) is 0 Å². The van der Waals surface area contributed by atoms with Gasteiger partial charge in [-0.05, 0) is 18.4 Å². The van der Waals surface area contributed by atoms with Gasteiger partial charge in [-0.25, -0.2) is 0 Å². The summed E-state index contributed by atoms with van der Waals surface area (Å²) in [5, 5.41) is 8.94. The van der Waals surface area contributed by atoms with Crippen LogP contribution in [0.3, 0.4) is 0 Å². The molecular formula is C12H13NO2. The number of nitrogens with zero attached hydrogens (tertiary/aromatic N) is 1. The van der Waals surface area contributed by atoms with Gasteiger partial charge in [-0.3, -0.25) is 0 Å². The van der Waals surface area contributed by atoms with Crippen molar-refractivity contribution in [3.05, 3.63) is 23.8 Å². The summed E-state index contributed by atoms with van der Waals surface area (Å²) in [6.45, 7) is 4.53. The predicted octanol–water partition coefficient (Wildman–Crippen LogP) is 1.92. The molecule has 2 fully saturated rings. The lowest BCUT2D eigenvalue weighted by Crippen LogP contribution is -2.50. The maximum Gasteiger partial charge on any atom is 0.179 e. The van der Waals surface area contributed by atoms with E-state index in [1.165, 1.54) is 0 Å². The summed E-state index contributed by atoms with van der Waals surface area (Å²) in [5.74, 6) is -0.253. The van der Waals surface area contributed by atoms with Crippen molar-refractivity contribution in [3.63, 3.8) is 0 Å². The molecule has 15 heavy (non-hydrogen) atoms. The summed E-state index contributed by atoms with van der Waals surface area (Å²) in [6.07, 6.45) is 4.77. The van der Waals surface area contributed by atoms with E-state index in [9.17, 15) is 0 Å². The molecule has 0 aromatic heterocycles. The zero-order valence-electron chi connectivity index (χ0n) is 8.53. The van der Waals surface area contributed by atoms with Crippen LogP contribution in [0.2, 0.25) is 0 Å². The summed E-state index contributed by atoms with van der Waals surface area (Å²) in [7, 11) is 0. The van der Waals surface area contributed by atoms with Crippen LogP contribution in [-0.2, 0) is 9.47 Å². The Kier molecular flexibility index (Phi) is 1.79. The Bertz CT molecular complexity index is 393. The lowest BCUT2D eigenvalue weighted by atomic mass is 9.78. The van der Waals surface area contributed by atoms with Gasteiger partial charge < -0.3 is 9.47 Å². The van der Waals surface area contributed by atoms with Gasteiger partial charge in [0.05, 0.1) is 24.4 Å². The third kappa shape index (κ3) is 1.19. The topological polar surface area (TPSA) is 42.2 Å². The average Bonchev–Trinajstić information content (AvgIpc) is 2.61. The Labute approximate surface area is 89.0 Å². The van der Waals surface area contributed by atoms with Gasteiger partial charge in [0.15, 0.2) is 5.79 Å². The third-order valence-corrected chi connectivity index (χ3v) is 3.52. The first kappa shape index (κ1) is 9.14. The van der Waals surface area contributed by atoms with Crippen LogP contribution in [0.1, 0.15) is 19.3 Å². The molecule has 0 N–H and O–H groups in total. The molecule has 0 aromatic carbocycles. The van der Waals surface area contributed by atoms with Crippen molar-refractivity contribution in [3.8, 4) is 6.07 Å². The Morgan fingerprint density at radius 1 is 1.53 bits per heavy atom. The van der Waals surface area contributed by atoms with Crippen molar-refractivity contribution in [2.45, 2.75) is 31.2 Å². The van der Waals surface area contributed by atoms with Gasteiger partial charge in [-0.15, -0.1) is 0 Å². The number of rotatable bonds is 0. The number of ether oxygens (including phenoxy) is 2. The van der Waals surface area contributed by atoms with Crippen molar-refractivity contribution < 1.29 is 9.47 Å². The molecule has 0 aromatic rings. The lowest BCUT2D eigenvalue weighted by molar-refractivity contribution is -0.276. The molecule has 3 heterocycles. The van der Waals surface area contributed by atoms with Gasteiger partial charge in [0.2, 0.25) is 0 Å². The minimum atomic E-state index is -0.486. The van der Waals surface area contributed by atoms with E-state index >= 15 is 0 Å². The Balaban J connectivity index is 1.96. The van der Waals surface area contributed by atoms with Crippen LogP contribution in [0.15, 0.2) is 23.8 Å². The fourth-order valence-electron chi connectivity index (χ4n) is 2.79. The van der Waals surface area contributed by atoms with Crippen LogP contribution in [0.5, 0.6) is 0 Å². The molecule has 3 nitrogen and oxygen atoms in total. The molecule has 0 radical (unpaired) electrons. The van der Waals surface area contributed by atoms with Crippen molar-refractivity contribution in [2.24, 2.45) is 5.92 Å². The zero-order valence-corrected chi connectivity index (χ0v) is 8.53. The average molecular weight is 203 g/mol. The quantitative estimate of drug-likeness (QED) is 0.565. The lowest BCUT2D eigenvalue weighted by Gasteiger charge is -2.46. The van der Waals surface area contributed by atoms with Crippen LogP contribution in [0, 0.1) is 17.2 Å². The largest absolute Gasteiger partial charge is 0.345 e. The molecule has 2 bridgehead atoms. The summed E-state index contributed by atoms with van der Waals surface area (Å²) < 4.78 is 11.7. The second-order valence-corrected chi connectivity index (χ2v) is 4.55.